The van der Waals surface area contributed by atoms with E-state index in [9.17, 15) is 14.9 Å². The van der Waals surface area contributed by atoms with Crippen molar-refractivity contribution in [3.05, 3.63) is 39.9 Å². The van der Waals surface area contributed by atoms with Crippen LogP contribution in [-0.4, -0.2) is 30.5 Å². The smallest absolute Gasteiger partial charge is 0.269 e. The number of nitrogens with one attached hydrogen (secondary N) is 2. The Hall–Kier alpha value is -1.95. The number of hydrogen-bond acceptors (Lipinski definition) is 4. The number of benzene rings is 1. The second kappa shape index (κ2) is 8.48. The van der Waals surface area contributed by atoms with E-state index in [0.717, 1.165) is 25.1 Å². The molecule has 2 rings (SSSR count). The summed E-state index contributed by atoms with van der Waals surface area (Å²) in [6.07, 6.45) is 4.35. The highest BCUT2D eigenvalue weighted by molar-refractivity contribution is 5.76. The highest BCUT2D eigenvalue weighted by Gasteiger charge is 2.13. The molecule has 0 radical (unpaired) electrons. The molecular weight excluding hydrogens is 282 g/mol. The van der Waals surface area contributed by atoms with Crippen molar-refractivity contribution < 1.29 is 9.72 Å². The summed E-state index contributed by atoms with van der Waals surface area (Å²) >= 11 is 0. The topological polar surface area (TPSA) is 84.3 Å². The molecule has 6 heteroatoms. The minimum atomic E-state index is -0.415. The predicted molar refractivity (Wildman–Crippen MR) is 84.6 cm³/mol. The zero-order valence-electron chi connectivity index (χ0n) is 12.7. The molecule has 6 nitrogen and oxygen atoms in total. The number of rotatable bonds is 7. The summed E-state index contributed by atoms with van der Waals surface area (Å²) in [4.78, 5) is 22.1. The maximum atomic E-state index is 11.8. The molecule has 0 saturated carbocycles. The quantitative estimate of drug-likeness (QED) is 0.596. The van der Waals surface area contributed by atoms with Gasteiger partial charge in [0.1, 0.15) is 0 Å². The van der Waals surface area contributed by atoms with Crippen LogP contribution in [0.1, 0.15) is 31.2 Å². The molecule has 1 aromatic carbocycles. The lowest BCUT2D eigenvalue weighted by molar-refractivity contribution is -0.384. The zero-order chi connectivity index (χ0) is 15.8. The second-order valence-electron chi connectivity index (χ2n) is 5.78. The van der Waals surface area contributed by atoms with E-state index in [1.165, 1.54) is 25.0 Å². The van der Waals surface area contributed by atoms with Crippen LogP contribution in [-0.2, 0) is 11.2 Å². The predicted octanol–water partition coefficient (Wildman–Crippen LogP) is 2.03. The van der Waals surface area contributed by atoms with Crippen LogP contribution >= 0.6 is 0 Å². The first-order chi connectivity index (χ1) is 10.6. The van der Waals surface area contributed by atoms with Gasteiger partial charge >= 0.3 is 0 Å². The third-order valence-electron chi connectivity index (χ3n) is 4.04. The van der Waals surface area contributed by atoms with E-state index in [-0.39, 0.29) is 11.6 Å². The molecular formula is C16H23N3O3. The molecule has 0 spiro atoms. The standard InChI is InChI=1S/C16H23N3O3/c20-16(18-10-8-14-4-2-9-17-12-14)7-6-13-3-1-5-15(11-13)19(21)22/h1,3,5,11,14,17H,2,4,6-10,12H2,(H,18,20). The van der Waals surface area contributed by atoms with Gasteiger partial charge in [0.05, 0.1) is 4.92 Å². The van der Waals surface area contributed by atoms with Crippen molar-refractivity contribution in [2.75, 3.05) is 19.6 Å². The summed E-state index contributed by atoms with van der Waals surface area (Å²) in [6.45, 7) is 2.86. The van der Waals surface area contributed by atoms with Gasteiger partial charge in [0, 0.05) is 25.1 Å². The fourth-order valence-corrected chi connectivity index (χ4v) is 2.76. The third-order valence-corrected chi connectivity index (χ3v) is 4.04. The summed E-state index contributed by atoms with van der Waals surface area (Å²) in [5, 5.41) is 17.0. The second-order valence-corrected chi connectivity index (χ2v) is 5.78. The van der Waals surface area contributed by atoms with Crippen LogP contribution in [0.3, 0.4) is 0 Å². The fraction of sp³-hybridized carbons (Fsp3) is 0.562. The molecule has 1 atom stereocenters. The van der Waals surface area contributed by atoms with Crippen LogP contribution in [0.2, 0.25) is 0 Å². The molecule has 0 bridgehead atoms. The molecule has 1 saturated heterocycles. The Bertz CT molecular complexity index is 513. The number of nitro groups is 1. The van der Waals surface area contributed by atoms with Crippen LogP contribution in [0.5, 0.6) is 0 Å². The normalized spacial score (nSPS) is 17.9. The first kappa shape index (κ1) is 16.4. The zero-order valence-corrected chi connectivity index (χ0v) is 12.7. The van der Waals surface area contributed by atoms with Gasteiger partial charge in [0.15, 0.2) is 0 Å². The van der Waals surface area contributed by atoms with Crippen LogP contribution in [0.25, 0.3) is 0 Å². The number of aryl methyl sites for hydroxylation is 1. The number of amides is 1. The van der Waals surface area contributed by atoms with Gasteiger partial charge in [-0.15, -0.1) is 0 Å². The summed E-state index contributed by atoms with van der Waals surface area (Å²) in [6, 6.07) is 6.46. The van der Waals surface area contributed by atoms with Gasteiger partial charge < -0.3 is 10.6 Å². The number of carbonyl (C=O) groups excluding carboxylic acids is 1. The Kier molecular flexibility index (Phi) is 6.33. The largest absolute Gasteiger partial charge is 0.356 e. The van der Waals surface area contributed by atoms with Crippen molar-refractivity contribution in [2.45, 2.75) is 32.1 Å². The minimum absolute atomic E-state index is 0.00951. The first-order valence-electron chi connectivity index (χ1n) is 7.86. The Morgan fingerprint density at radius 3 is 3.05 bits per heavy atom. The van der Waals surface area contributed by atoms with Gasteiger partial charge in [0.25, 0.3) is 5.69 Å². The van der Waals surface area contributed by atoms with E-state index in [4.69, 9.17) is 0 Å². The number of hydrogen-bond donors (Lipinski definition) is 2. The van der Waals surface area contributed by atoms with E-state index in [1.54, 1.807) is 6.07 Å². The molecule has 1 aromatic rings. The summed E-state index contributed by atoms with van der Waals surface area (Å²) < 4.78 is 0. The average molecular weight is 305 g/mol. The number of carbonyl (C=O) groups is 1. The Balaban J connectivity index is 1.66. The Morgan fingerprint density at radius 2 is 2.32 bits per heavy atom. The van der Waals surface area contributed by atoms with Crippen LogP contribution in [0.15, 0.2) is 24.3 Å². The summed E-state index contributed by atoms with van der Waals surface area (Å²) in [5.41, 5.74) is 0.892. The van der Waals surface area contributed by atoms with Crippen molar-refractivity contribution >= 4 is 11.6 Å². The molecule has 1 amide bonds. The van der Waals surface area contributed by atoms with E-state index in [1.807, 2.05) is 6.07 Å². The van der Waals surface area contributed by atoms with Gasteiger partial charge in [-0.3, -0.25) is 14.9 Å². The molecule has 120 valence electrons. The SMILES string of the molecule is O=C(CCc1cccc([N+](=O)[O-])c1)NCCC1CCCNC1. The highest BCUT2D eigenvalue weighted by Crippen LogP contribution is 2.15. The fourth-order valence-electron chi connectivity index (χ4n) is 2.76. The van der Waals surface area contributed by atoms with Crippen LogP contribution in [0, 0.1) is 16.0 Å². The minimum Gasteiger partial charge on any atom is -0.356 e. The molecule has 0 aromatic heterocycles. The molecule has 1 unspecified atom stereocenters. The number of non-ortho nitro benzene ring substituents is 1. The van der Waals surface area contributed by atoms with Crippen LogP contribution < -0.4 is 10.6 Å². The molecule has 1 aliphatic heterocycles. The third kappa shape index (κ3) is 5.44. The van der Waals surface area contributed by atoms with Gasteiger partial charge in [-0.05, 0) is 50.3 Å². The van der Waals surface area contributed by atoms with Crippen LogP contribution in [0.4, 0.5) is 5.69 Å². The Morgan fingerprint density at radius 1 is 1.45 bits per heavy atom. The van der Waals surface area contributed by atoms with Crippen molar-refractivity contribution in [3.63, 3.8) is 0 Å². The van der Waals surface area contributed by atoms with Crippen molar-refractivity contribution in [2.24, 2.45) is 5.92 Å². The molecule has 1 heterocycles. The number of nitro benzene ring substituents is 1. The molecule has 22 heavy (non-hydrogen) atoms. The number of nitrogens with zero attached hydrogens (tertiary/aromatic N) is 1. The van der Waals surface area contributed by atoms with Crippen molar-refractivity contribution in [3.8, 4) is 0 Å². The van der Waals surface area contributed by atoms with Gasteiger partial charge in [0.2, 0.25) is 5.91 Å². The summed E-state index contributed by atoms with van der Waals surface area (Å²) in [5.74, 6) is 0.668. The molecule has 1 aliphatic rings. The lowest BCUT2D eigenvalue weighted by atomic mass is 9.96. The lowest BCUT2D eigenvalue weighted by Gasteiger charge is -2.22. The average Bonchev–Trinajstić information content (AvgIpc) is 2.54. The van der Waals surface area contributed by atoms with Gasteiger partial charge in [-0.25, -0.2) is 0 Å². The van der Waals surface area contributed by atoms with Gasteiger partial charge in [-0.2, -0.15) is 0 Å². The molecule has 0 aliphatic carbocycles. The highest BCUT2D eigenvalue weighted by atomic mass is 16.6. The van der Waals surface area contributed by atoms with E-state index in [0.29, 0.717) is 25.3 Å². The van der Waals surface area contributed by atoms with Crippen molar-refractivity contribution in [1.82, 2.24) is 10.6 Å². The first-order valence-corrected chi connectivity index (χ1v) is 7.86. The number of piperidine rings is 1. The van der Waals surface area contributed by atoms with Crippen molar-refractivity contribution in [1.29, 1.82) is 0 Å². The lowest BCUT2D eigenvalue weighted by Crippen LogP contribution is -2.33. The van der Waals surface area contributed by atoms with E-state index < -0.39 is 4.92 Å². The maximum absolute atomic E-state index is 11.8. The van der Waals surface area contributed by atoms with Gasteiger partial charge in [-0.1, -0.05) is 12.1 Å². The van der Waals surface area contributed by atoms with E-state index in [2.05, 4.69) is 10.6 Å². The monoisotopic (exact) mass is 305 g/mol. The van der Waals surface area contributed by atoms with E-state index >= 15 is 0 Å². The molecule has 2 N–H and O–H groups in total. The molecule has 1 fully saturated rings. The summed E-state index contributed by atoms with van der Waals surface area (Å²) in [7, 11) is 0. The maximum Gasteiger partial charge on any atom is 0.269 e. The Labute approximate surface area is 130 Å².